The van der Waals surface area contributed by atoms with Crippen molar-refractivity contribution in [3.63, 3.8) is 0 Å². The minimum atomic E-state index is 0.00411. The molecular weight excluding hydrogens is 356 g/mol. The molecule has 1 aliphatic rings. The molecule has 1 saturated heterocycles. The largest absolute Gasteiger partial charge is 0.484 e. The third-order valence-electron chi connectivity index (χ3n) is 4.81. The number of para-hydroxylation sites is 1. The lowest BCUT2D eigenvalue weighted by Gasteiger charge is -2.35. The molecule has 8 nitrogen and oxygen atoms in total. The van der Waals surface area contributed by atoms with Gasteiger partial charge < -0.3 is 14.5 Å². The number of amides is 1. The Kier molecular flexibility index (Phi) is 5.18. The molecule has 1 amide bonds. The van der Waals surface area contributed by atoms with E-state index >= 15 is 0 Å². The third kappa shape index (κ3) is 3.95. The summed E-state index contributed by atoms with van der Waals surface area (Å²) < 4.78 is 7.48. The van der Waals surface area contributed by atoms with Gasteiger partial charge in [0.1, 0.15) is 12.1 Å². The number of aryl methyl sites for hydroxylation is 1. The standard InChI is InChI=1S/C20H22N6O2/c1-16-4-2-3-5-17(16)28-14-20(27)25-12-10-24(11-13-25)18-6-7-19(23-22-18)26-9-8-21-15-26/h2-9,15H,10-14H2,1H3. The zero-order chi connectivity index (χ0) is 19.3. The first-order chi connectivity index (χ1) is 13.7. The van der Waals surface area contributed by atoms with Gasteiger partial charge in [-0.1, -0.05) is 18.2 Å². The molecule has 28 heavy (non-hydrogen) atoms. The smallest absolute Gasteiger partial charge is 0.260 e. The van der Waals surface area contributed by atoms with Crippen molar-refractivity contribution >= 4 is 11.7 Å². The van der Waals surface area contributed by atoms with E-state index in [-0.39, 0.29) is 12.5 Å². The number of rotatable bonds is 5. The van der Waals surface area contributed by atoms with Gasteiger partial charge >= 0.3 is 0 Å². The van der Waals surface area contributed by atoms with E-state index in [0.29, 0.717) is 13.1 Å². The minimum Gasteiger partial charge on any atom is -0.484 e. The SMILES string of the molecule is Cc1ccccc1OCC(=O)N1CCN(c2ccc(-n3ccnc3)nn2)CC1. The molecule has 0 unspecified atom stereocenters. The van der Waals surface area contributed by atoms with E-state index in [1.54, 1.807) is 12.5 Å². The number of imidazole rings is 1. The van der Waals surface area contributed by atoms with Crippen LogP contribution in [0.3, 0.4) is 0 Å². The number of hydrogen-bond acceptors (Lipinski definition) is 6. The van der Waals surface area contributed by atoms with Gasteiger partial charge in [-0.3, -0.25) is 9.36 Å². The topological polar surface area (TPSA) is 76.4 Å². The Balaban J connectivity index is 1.29. The van der Waals surface area contributed by atoms with Crippen LogP contribution in [-0.4, -0.2) is 63.3 Å². The van der Waals surface area contributed by atoms with E-state index in [9.17, 15) is 4.79 Å². The van der Waals surface area contributed by atoms with Crippen molar-refractivity contribution in [2.75, 3.05) is 37.7 Å². The van der Waals surface area contributed by atoms with Crippen molar-refractivity contribution in [3.8, 4) is 11.6 Å². The first-order valence-electron chi connectivity index (χ1n) is 9.24. The molecule has 4 rings (SSSR count). The summed E-state index contributed by atoms with van der Waals surface area (Å²) in [5, 5.41) is 8.57. The number of piperazine rings is 1. The average molecular weight is 378 g/mol. The summed E-state index contributed by atoms with van der Waals surface area (Å²) in [6.07, 6.45) is 5.22. The molecule has 0 bridgehead atoms. The number of aromatic nitrogens is 4. The number of benzene rings is 1. The third-order valence-corrected chi connectivity index (χ3v) is 4.81. The molecule has 2 aromatic heterocycles. The van der Waals surface area contributed by atoms with E-state index < -0.39 is 0 Å². The lowest BCUT2D eigenvalue weighted by molar-refractivity contribution is -0.133. The quantitative estimate of drug-likeness (QED) is 0.673. The van der Waals surface area contributed by atoms with E-state index in [0.717, 1.165) is 36.0 Å². The molecule has 3 aromatic rings. The molecule has 1 fully saturated rings. The van der Waals surface area contributed by atoms with Crippen LogP contribution in [0.4, 0.5) is 5.82 Å². The zero-order valence-corrected chi connectivity index (χ0v) is 15.7. The lowest BCUT2D eigenvalue weighted by atomic mass is 10.2. The van der Waals surface area contributed by atoms with Crippen LogP contribution in [0.2, 0.25) is 0 Å². The van der Waals surface area contributed by atoms with Gasteiger partial charge in [0, 0.05) is 38.6 Å². The van der Waals surface area contributed by atoms with Gasteiger partial charge in [0.15, 0.2) is 18.2 Å². The van der Waals surface area contributed by atoms with Crippen LogP contribution in [-0.2, 0) is 4.79 Å². The molecule has 0 spiro atoms. The van der Waals surface area contributed by atoms with E-state index in [1.807, 2.05) is 59.0 Å². The summed E-state index contributed by atoms with van der Waals surface area (Å²) in [5.41, 5.74) is 1.03. The van der Waals surface area contributed by atoms with Crippen LogP contribution in [0.5, 0.6) is 5.75 Å². The van der Waals surface area contributed by atoms with Gasteiger partial charge in [-0.15, -0.1) is 10.2 Å². The maximum Gasteiger partial charge on any atom is 0.260 e. The van der Waals surface area contributed by atoms with Gasteiger partial charge in [0.2, 0.25) is 0 Å². The second kappa shape index (κ2) is 8.08. The number of hydrogen-bond donors (Lipinski definition) is 0. The van der Waals surface area contributed by atoms with Gasteiger partial charge in [-0.05, 0) is 30.7 Å². The Hall–Kier alpha value is -3.42. The molecule has 1 aliphatic heterocycles. The van der Waals surface area contributed by atoms with E-state index in [4.69, 9.17) is 4.74 Å². The highest BCUT2D eigenvalue weighted by Gasteiger charge is 2.22. The predicted molar refractivity (Wildman–Crippen MR) is 105 cm³/mol. The molecule has 3 heterocycles. The van der Waals surface area contributed by atoms with Crippen molar-refractivity contribution in [2.24, 2.45) is 0 Å². The number of ether oxygens (including phenoxy) is 1. The highest BCUT2D eigenvalue weighted by atomic mass is 16.5. The van der Waals surface area contributed by atoms with Crippen LogP contribution < -0.4 is 9.64 Å². The molecule has 1 aromatic carbocycles. The maximum atomic E-state index is 12.4. The number of carbonyl (C=O) groups excluding carboxylic acids is 1. The normalized spacial score (nSPS) is 14.2. The molecule has 0 N–H and O–H groups in total. The molecule has 8 heteroatoms. The fourth-order valence-corrected chi connectivity index (χ4v) is 3.15. The van der Waals surface area contributed by atoms with E-state index in [2.05, 4.69) is 20.1 Å². The Morgan fingerprint density at radius 3 is 2.46 bits per heavy atom. The summed E-state index contributed by atoms with van der Waals surface area (Å²) in [6, 6.07) is 11.6. The maximum absolute atomic E-state index is 12.4. The van der Waals surface area contributed by atoms with Gasteiger partial charge in [0.25, 0.3) is 5.91 Å². The second-order valence-electron chi connectivity index (χ2n) is 6.64. The molecule has 0 radical (unpaired) electrons. The Morgan fingerprint density at radius 2 is 1.79 bits per heavy atom. The monoisotopic (exact) mass is 378 g/mol. The Bertz CT molecular complexity index is 918. The van der Waals surface area contributed by atoms with Crippen molar-refractivity contribution in [3.05, 3.63) is 60.7 Å². The average Bonchev–Trinajstić information content (AvgIpc) is 3.28. The summed E-state index contributed by atoms with van der Waals surface area (Å²) in [6.45, 7) is 4.74. The van der Waals surface area contributed by atoms with Crippen molar-refractivity contribution in [2.45, 2.75) is 6.92 Å². The molecule has 144 valence electrons. The lowest BCUT2D eigenvalue weighted by Crippen LogP contribution is -2.50. The van der Waals surface area contributed by atoms with Gasteiger partial charge in [-0.2, -0.15) is 0 Å². The van der Waals surface area contributed by atoms with Gasteiger partial charge in [-0.25, -0.2) is 4.98 Å². The summed E-state index contributed by atoms with van der Waals surface area (Å²) in [7, 11) is 0. The van der Waals surface area contributed by atoms with Crippen molar-refractivity contribution in [1.82, 2.24) is 24.6 Å². The molecule has 0 aliphatic carbocycles. The zero-order valence-electron chi connectivity index (χ0n) is 15.7. The molecule has 0 atom stereocenters. The molecule has 0 saturated carbocycles. The summed E-state index contributed by atoms with van der Waals surface area (Å²) in [5.74, 6) is 2.29. The summed E-state index contributed by atoms with van der Waals surface area (Å²) >= 11 is 0. The van der Waals surface area contributed by atoms with Gasteiger partial charge in [0.05, 0.1) is 0 Å². The number of nitrogens with zero attached hydrogens (tertiary/aromatic N) is 6. The molecular formula is C20H22N6O2. The Morgan fingerprint density at radius 1 is 1.04 bits per heavy atom. The van der Waals surface area contributed by atoms with Crippen LogP contribution in [0.15, 0.2) is 55.1 Å². The second-order valence-corrected chi connectivity index (χ2v) is 6.64. The van der Waals surface area contributed by atoms with Crippen LogP contribution >= 0.6 is 0 Å². The summed E-state index contributed by atoms with van der Waals surface area (Å²) in [4.78, 5) is 20.4. The van der Waals surface area contributed by atoms with Crippen molar-refractivity contribution < 1.29 is 9.53 Å². The fraction of sp³-hybridized carbons (Fsp3) is 0.300. The number of carbonyl (C=O) groups is 1. The highest BCUT2D eigenvalue weighted by molar-refractivity contribution is 5.78. The highest BCUT2D eigenvalue weighted by Crippen LogP contribution is 2.17. The first kappa shape index (κ1) is 18.0. The minimum absolute atomic E-state index is 0.00411. The Labute approximate surface area is 163 Å². The first-order valence-corrected chi connectivity index (χ1v) is 9.24. The fourth-order valence-electron chi connectivity index (χ4n) is 3.15. The van der Waals surface area contributed by atoms with Crippen molar-refractivity contribution in [1.29, 1.82) is 0 Å². The van der Waals surface area contributed by atoms with E-state index in [1.165, 1.54) is 0 Å². The number of anilines is 1. The van der Waals surface area contributed by atoms with Crippen LogP contribution in [0, 0.1) is 6.92 Å². The van der Waals surface area contributed by atoms with Crippen LogP contribution in [0.25, 0.3) is 5.82 Å². The van der Waals surface area contributed by atoms with Crippen LogP contribution in [0.1, 0.15) is 5.56 Å². The predicted octanol–water partition coefficient (Wildman–Crippen LogP) is 1.70.